The van der Waals surface area contributed by atoms with Crippen LogP contribution in [-0.4, -0.2) is 69.1 Å². The standard InChI is InChI=1S/C14H29N3O3S/c1-12-9-17(10-13(2)20-12)21(18,19)15-11-14(16(3)4)7-5-6-8-14/h12-13,15H,5-11H2,1-4H3/t12-,13-/m1/s1. The lowest BCUT2D eigenvalue weighted by atomic mass is 9.97. The third-order valence-electron chi connectivity index (χ3n) is 4.79. The average Bonchev–Trinajstić information content (AvgIpc) is 2.85. The van der Waals surface area contributed by atoms with Gasteiger partial charge in [0.15, 0.2) is 0 Å². The molecule has 0 bridgehead atoms. The van der Waals surface area contributed by atoms with Crippen LogP contribution < -0.4 is 4.72 Å². The van der Waals surface area contributed by atoms with Crippen molar-refractivity contribution in [2.45, 2.75) is 57.3 Å². The summed E-state index contributed by atoms with van der Waals surface area (Å²) in [7, 11) is 0.649. The highest BCUT2D eigenvalue weighted by atomic mass is 32.2. The first-order chi connectivity index (χ1) is 9.75. The number of nitrogens with one attached hydrogen (secondary N) is 1. The molecule has 1 N–H and O–H groups in total. The Balaban J connectivity index is 2.00. The Morgan fingerprint density at radius 2 is 1.71 bits per heavy atom. The fourth-order valence-electron chi connectivity index (χ4n) is 3.46. The molecule has 0 radical (unpaired) electrons. The molecule has 1 aliphatic carbocycles. The summed E-state index contributed by atoms with van der Waals surface area (Å²) in [5.41, 5.74) is -0.0312. The summed E-state index contributed by atoms with van der Waals surface area (Å²) in [4.78, 5) is 2.17. The van der Waals surface area contributed by atoms with E-state index in [4.69, 9.17) is 4.74 Å². The van der Waals surface area contributed by atoms with Crippen molar-refractivity contribution in [3.8, 4) is 0 Å². The van der Waals surface area contributed by atoms with Crippen LogP contribution in [0.25, 0.3) is 0 Å². The van der Waals surface area contributed by atoms with E-state index in [1.165, 1.54) is 17.1 Å². The number of likely N-dealkylation sites (N-methyl/N-ethyl adjacent to an activating group) is 1. The van der Waals surface area contributed by atoms with Crippen LogP contribution in [0.3, 0.4) is 0 Å². The first-order valence-electron chi connectivity index (χ1n) is 7.83. The van der Waals surface area contributed by atoms with Crippen LogP contribution in [0, 0.1) is 0 Å². The molecule has 0 aromatic rings. The van der Waals surface area contributed by atoms with Gasteiger partial charge in [-0.1, -0.05) is 12.8 Å². The molecular weight excluding hydrogens is 290 g/mol. The Labute approximate surface area is 129 Å². The first kappa shape index (κ1) is 17.1. The predicted octanol–water partition coefficient (Wildman–Crippen LogP) is 0.804. The molecule has 2 fully saturated rings. The van der Waals surface area contributed by atoms with Gasteiger partial charge in [0, 0.05) is 25.2 Å². The van der Waals surface area contributed by atoms with E-state index in [1.54, 1.807) is 0 Å². The number of rotatable bonds is 5. The molecule has 1 aliphatic heterocycles. The molecule has 2 atom stereocenters. The van der Waals surface area contributed by atoms with Gasteiger partial charge in [0.05, 0.1) is 12.2 Å². The highest BCUT2D eigenvalue weighted by Gasteiger charge is 2.38. The van der Waals surface area contributed by atoms with E-state index in [0.717, 1.165) is 12.8 Å². The quantitative estimate of drug-likeness (QED) is 0.814. The van der Waals surface area contributed by atoms with E-state index in [9.17, 15) is 8.42 Å². The zero-order chi connectivity index (χ0) is 15.7. The monoisotopic (exact) mass is 319 g/mol. The average molecular weight is 319 g/mol. The van der Waals surface area contributed by atoms with Gasteiger partial charge in [-0.05, 0) is 40.8 Å². The minimum absolute atomic E-state index is 0.0312. The molecule has 0 unspecified atom stereocenters. The maximum Gasteiger partial charge on any atom is 0.279 e. The van der Waals surface area contributed by atoms with Crippen LogP contribution >= 0.6 is 0 Å². The first-order valence-corrected chi connectivity index (χ1v) is 9.27. The second kappa shape index (κ2) is 6.50. The summed E-state index contributed by atoms with van der Waals surface area (Å²) < 4.78 is 35.0. The van der Waals surface area contributed by atoms with Crippen molar-refractivity contribution < 1.29 is 13.2 Å². The zero-order valence-electron chi connectivity index (χ0n) is 13.6. The van der Waals surface area contributed by atoms with E-state index < -0.39 is 10.2 Å². The van der Waals surface area contributed by atoms with Crippen molar-refractivity contribution in [1.29, 1.82) is 0 Å². The molecule has 0 amide bonds. The third kappa shape index (κ3) is 3.96. The molecule has 1 saturated heterocycles. The van der Waals surface area contributed by atoms with Crippen LogP contribution in [0.5, 0.6) is 0 Å². The molecule has 6 nitrogen and oxygen atoms in total. The smallest absolute Gasteiger partial charge is 0.279 e. The Kier molecular flexibility index (Phi) is 5.31. The predicted molar refractivity (Wildman–Crippen MR) is 83.4 cm³/mol. The molecule has 2 rings (SSSR count). The van der Waals surface area contributed by atoms with Crippen molar-refractivity contribution in [1.82, 2.24) is 13.9 Å². The maximum absolute atomic E-state index is 12.5. The maximum atomic E-state index is 12.5. The molecule has 1 saturated carbocycles. The molecule has 0 aromatic heterocycles. The molecule has 0 aromatic carbocycles. The Morgan fingerprint density at radius 3 is 2.19 bits per heavy atom. The Hall–Kier alpha value is -0.210. The topological polar surface area (TPSA) is 61.9 Å². The number of ether oxygens (including phenoxy) is 1. The van der Waals surface area contributed by atoms with Gasteiger partial charge >= 0.3 is 0 Å². The second-order valence-electron chi connectivity index (χ2n) is 6.73. The van der Waals surface area contributed by atoms with Gasteiger partial charge in [-0.15, -0.1) is 0 Å². The minimum atomic E-state index is -3.43. The molecule has 2 aliphatic rings. The van der Waals surface area contributed by atoms with Gasteiger partial charge < -0.3 is 9.64 Å². The lowest BCUT2D eigenvalue weighted by molar-refractivity contribution is -0.0444. The Morgan fingerprint density at radius 1 is 1.19 bits per heavy atom. The summed E-state index contributed by atoms with van der Waals surface area (Å²) in [6, 6.07) is 0. The van der Waals surface area contributed by atoms with Gasteiger partial charge in [-0.2, -0.15) is 12.7 Å². The zero-order valence-corrected chi connectivity index (χ0v) is 14.4. The minimum Gasteiger partial charge on any atom is -0.373 e. The van der Waals surface area contributed by atoms with E-state index in [0.29, 0.717) is 19.6 Å². The lowest BCUT2D eigenvalue weighted by Crippen LogP contribution is -2.56. The third-order valence-corrected chi connectivity index (χ3v) is 6.28. The molecule has 0 spiro atoms. The number of nitrogens with zero attached hydrogens (tertiary/aromatic N) is 2. The number of morpholine rings is 1. The molecule has 1 heterocycles. The van der Waals surface area contributed by atoms with Gasteiger partial charge in [-0.25, -0.2) is 4.72 Å². The molecule has 21 heavy (non-hydrogen) atoms. The van der Waals surface area contributed by atoms with Crippen LogP contribution in [-0.2, 0) is 14.9 Å². The SMILES string of the molecule is C[C@@H]1CN(S(=O)(=O)NCC2(N(C)C)CCCC2)C[C@@H](C)O1. The molecule has 7 heteroatoms. The second-order valence-corrected chi connectivity index (χ2v) is 8.48. The van der Waals surface area contributed by atoms with Gasteiger partial charge in [0.25, 0.3) is 10.2 Å². The van der Waals surface area contributed by atoms with E-state index in [2.05, 4.69) is 9.62 Å². The molecular formula is C14H29N3O3S. The van der Waals surface area contributed by atoms with Crippen molar-refractivity contribution in [3.63, 3.8) is 0 Å². The molecule has 124 valence electrons. The summed E-state index contributed by atoms with van der Waals surface area (Å²) in [5, 5.41) is 0. The normalized spacial score (nSPS) is 30.9. The summed E-state index contributed by atoms with van der Waals surface area (Å²) in [6.07, 6.45) is 4.34. The fourth-order valence-corrected chi connectivity index (χ4v) is 4.91. The highest BCUT2D eigenvalue weighted by Crippen LogP contribution is 2.33. The van der Waals surface area contributed by atoms with Crippen LogP contribution in [0.2, 0.25) is 0 Å². The van der Waals surface area contributed by atoms with Gasteiger partial charge in [-0.3, -0.25) is 0 Å². The lowest BCUT2D eigenvalue weighted by Gasteiger charge is -2.38. The van der Waals surface area contributed by atoms with Crippen molar-refractivity contribution in [2.24, 2.45) is 0 Å². The van der Waals surface area contributed by atoms with Crippen molar-refractivity contribution in [2.75, 3.05) is 33.7 Å². The summed E-state index contributed by atoms with van der Waals surface area (Å²) >= 11 is 0. The van der Waals surface area contributed by atoms with Gasteiger partial charge in [0.2, 0.25) is 0 Å². The van der Waals surface area contributed by atoms with Crippen molar-refractivity contribution in [3.05, 3.63) is 0 Å². The summed E-state index contributed by atoms with van der Waals surface area (Å²) in [6.45, 7) is 5.17. The van der Waals surface area contributed by atoms with Crippen LogP contribution in [0.1, 0.15) is 39.5 Å². The van der Waals surface area contributed by atoms with Crippen molar-refractivity contribution >= 4 is 10.2 Å². The van der Waals surface area contributed by atoms with E-state index in [-0.39, 0.29) is 17.7 Å². The van der Waals surface area contributed by atoms with Crippen LogP contribution in [0.15, 0.2) is 0 Å². The number of hydrogen-bond acceptors (Lipinski definition) is 4. The van der Waals surface area contributed by atoms with E-state index in [1.807, 2.05) is 27.9 Å². The van der Waals surface area contributed by atoms with E-state index >= 15 is 0 Å². The largest absolute Gasteiger partial charge is 0.373 e. The Bertz CT molecular complexity index is 436. The van der Waals surface area contributed by atoms with Gasteiger partial charge in [0.1, 0.15) is 0 Å². The van der Waals surface area contributed by atoms with Crippen LogP contribution in [0.4, 0.5) is 0 Å². The highest BCUT2D eigenvalue weighted by molar-refractivity contribution is 7.87. The summed E-state index contributed by atoms with van der Waals surface area (Å²) in [5.74, 6) is 0. The fraction of sp³-hybridized carbons (Fsp3) is 1.00. The number of hydrogen-bond donors (Lipinski definition) is 1.